The van der Waals surface area contributed by atoms with Gasteiger partial charge in [-0.2, -0.15) is 8.78 Å². The van der Waals surface area contributed by atoms with Gasteiger partial charge in [0.05, 0.1) is 6.04 Å². The van der Waals surface area contributed by atoms with Gasteiger partial charge in [0.2, 0.25) is 11.8 Å². The number of likely N-dealkylation sites (tertiary alicyclic amines) is 1. The van der Waals surface area contributed by atoms with Gasteiger partial charge in [-0.05, 0) is 49.7 Å². The van der Waals surface area contributed by atoms with Crippen molar-refractivity contribution < 1.29 is 32.3 Å². The average molecular weight is 514 g/mol. The number of benzene rings is 1. The number of nitrogens with zero attached hydrogens (tertiary/aromatic N) is 1. The molecule has 5 atom stereocenters. The van der Waals surface area contributed by atoms with E-state index in [2.05, 4.69) is 10.6 Å². The minimum absolute atomic E-state index is 0.00943. The van der Waals surface area contributed by atoms with Crippen LogP contribution in [0.15, 0.2) is 24.3 Å². The molecule has 0 unspecified atom stereocenters. The molecule has 1 aromatic carbocycles. The smallest absolute Gasteiger partial charge is 0.350 e. The summed E-state index contributed by atoms with van der Waals surface area (Å²) in [5.41, 5.74) is -0.580. The van der Waals surface area contributed by atoms with Crippen molar-refractivity contribution in [2.45, 2.75) is 50.1 Å². The predicted octanol–water partition coefficient (Wildman–Crippen LogP) is 2.61. The fourth-order valence-electron chi connectivity index (χ4n) is 5.61. The van der Waals surface area contributed by atoms with Crippen LogP contribution in [0.1, 0.15) is 37.7 Å². The third-order valence-electron chi connectivity index (χ3n) is 7.40. The largest absolute Gasteiger partial charge is 0.356 e. The molecule has 2 aliphatic heterocycles. The highest BCUT2D eigenvalue weighted by molar-refractivity contribution is 6.30. The standard InChI is InChI=1S/C24H27ClF3N3O4/c25-16-5-2-4-15(10-16)24(27,28)23(35)31-12-14-3-1-6-17(14)20(31)22(34)30-18(19(32)11-26)9-13-7-8-29-21(13)33/h2,4-5,10,13-14,17-18,20H,1,3,6-9,11-12H2,(H,29,33)(H,30,34)/t13-,14+,17+,18-,20+/m1/s1. The summed E-state index contributed by atoms with van der Waals surface area (Å²) in [6.45, 7) is -0.933. The van der Waals surface area contributed by atoms with Crippen molar-refractivity contribution in [3.05, 3.63) is 34.9 Å². The number of hydrogen-bond donors (Lipinski definition) is 2. The molecule has 2 N–H and O–H groups in total. The van der Waals surface area contributed by atoms with E-state index in [0.717, 1.165) is 23.5 Å². The van der Waals surface area contributed by atoms with Gasteiger partial charge in [0.1, 0.15) is 12.7 Å². The van der Waals surface area contributed by atoms with Gasteiger partial charge in [-0.1, -0.05) is 30.2 Å². The van der Waals surface area contributed by atoms with Crippen molar-refractivity contribution >= 4 is 35.1 Å². The van der Waals surface area contributed by atoms with Gasteiger partial charge in [-0.15, -0.1) is 0 Å². The van der Waals surface area contributed by atoms with E-state index in [1.807, 2.05) is 0 Å². The molecule has 1 aliphatic carbocycles. The molecule has 7 nitrogen and oxygen atoms in total. The molecule has 3 fully saturated rings. The summed E-state index contributed by atoms with van der Waals surface area (Å²) in [5, 5.41) is 5.16. The topological polar surface area (TPSA) is 95.6 Å². The number of ketones is 1. The van der Waals surface area contributed by atoms with Gasteiger partial charge in [-0.3, -0.25) is 19.2 Å². The third-order valence-corrected chi connectivity index (χ3v) is 7.63. The number of carbonyl (C=O) groups is 4. The molecular weight excluding hydrogens is 487 g/mol. The average Bonchev–Trinajstić information content (AvgIpc) is 3.53. The Balaban J connectivity index is 1.57. The Kier molecular flexibility index (Phi) is 7.40. The van der Waals surface area contributed by atoms with Crippen LogP contribution in [0.5, 0.6) is 0 Å². The van der Waals surface area contributed by atoms with Crippen LogP contribution in [0, 0.1) is 17.8 Å². The Labute approximate surface area is 205 Å². The molecule has 35 heavy (non-hydrogen) atoms. The van der Waals surface area contributed by atoms with E-state index in [-0.39, 0.29) is 35.7 Å². The van der Waals surface area contributed by atoms with E-state index >= 15 is 8.78 Å². The molecule has 3 amide bonds. The molecule has 0 bridgehead atoms. The van der Waals surface area contributed by atoms with Crippen molar-refractivity contribution in [3.8, 4) is 0 Å². The molecule has 4 rings (SSSR count). The number of fused-ring (bicyclic) bond motifs is 1. The van der Waals surface area contributed by atoms with E-state index < -0.39 is 53.8 Å². The Morgan fingerprint density at radius 2 is 2.00 bits per heavy atom. The quantitative estimate of drug-likeness (QED) is 0.558. The lowest BCUT2D eigenvalue weighted by Crippen LogP contribution is -2.55. The molecule has 190 valence electrons. The van der Waals surface area contributed by atoms with E-state index in [1.54, 1.807) is 0 Å². The normalized spacial score (nSPS) is 26.9. The zero-order valence-corrected chi connectivity index (χ0v) is 19.7. The maximum absolute atomic E-state index is 15.2. The minimum Gasteiger partial charge on any atom is -0.356 e. The van der Waals surface area contributed by atoms with Crippen LogP contribution < -0.4 is 10.6 Å². The SMILES string of the molecule is O=C1NCC[C@@H]1C[C@@H](NC(=O)[C@@H]1[C@H]2CCC[C@H]2CN1C(=O)C(F)(F)c1cccc(Cl)c1)C(=O)CF. The summed E-state index contributed by atoms with van der Waals surface area (Å²) < 4.78 is 43.7. The van der Waals surface area contributed by atoms with Crippen LogP contribution >= 0.6 is 11.6 Å². The van der Waals surface area contributed by atoms with Crippen molar-refractivity contribution in [2.75, 3.05) is 19.8 Å². The molecule has 1 aromatic rings. The molecule has 3 aliphatic rings. The summed E-state index contributed by atoms with van der Waals surface area (Å²) in [6.07, 6.45) is 2.40. The van der Waals surface area contributed by atoms with Crippen LogP contribution in [-0.4, -0.2) is 60.3 Å². The first-order valence-electron chi connectivity index (χ1n) is 11.7. The fourth-order valence-corrected chi connectivity index (χ4v) is 5.80. The maximum Gasteiger partial charge on any atom is 0.350 e. The zero-order chi connectivity index (χ0) is 25.3. The highest BCUT2D eigenvalue weighted by Gasteiger charge is 2.55. The van der Waals surface area contributed by atoms with E-state index in [0.29, 0.717) is 25.8 Å². The van der Waals surface area contributed by atoms with Crippen LogP contribution in [0.25, 0.3) is 0 Å². The van der Waals surface area contributed by atoms with E-state index in [9.17, 15) is 23.6 Å². The summed E-state index contributed by atoms with van der Waals surface area (Å²) in [6, 6.07) is 2.33. The third kappa shape index (κ3) is 5.03. The fraction of sp³-hybridized carbons (Fsp3) is 0.583. The second-order valence-electron chi connectivity index (χ2n) is 9.52. The van der Waals surface area contributed by atoms with Crippen LogP contribution in [0.2, 0.25) is 5.02 Å². The maximum atomic E-state index is 15.2. The number of Topliss-reactive ketones (excluding diaryl/α,β-unsaturated/α-hetero) is 1. The van der Waals surface area contributed by atoms with Crippen LogP contribution in [-0.2, 0) is 25.1 Å². The second kappa shape index (κ2) is 10.2. The highest BCUT2D eigenvalue weighted by atomic mass is 35.5. The lowest BCUT2D eigenvalue weighted by atomic mass is 9.92. The Hall–Kier alpha value is -2.62. The molecule has 2 heterocycles. The number of halogens is 4. The van der Waals surface area contributed by atoms with E-state index in [4.69, 9.17) is 11.6 Å². The highest BCUT2D eigenvalue weighted by Crippen LogP contribution is 2.44. The minimum atomic E-state index is -3.92. The van der Waals surface area contributed by atoms with Gasteiger partial charge in [0.25, 0.3) is 5.91 Å². The molecule has 2 saturated heterocycles. The lowest BCUT2D eigenvalue weighted by molar-refractivity contribution is -0.162. The van der Waals surface area contributed by atoms with Gasteiger partial charge in [0.15, 0.2) is 5.78 Å². The summed E-state index contributed by atoms with van der Waals surface area (Å²) >= 11 is 5.84. The number of carbonyl (C=O) groups excluding carboxylic acids is 4. The first kappa shape index (κ1) is 25.5. The summed E-state index contributed by atoms with van der Waals surface area (Å²) in [4.78, 5) is 51.5. The first-order valence-corrected chi connectivity index (χ1v) is 12.1. The predicted molar refractivity (Wildman–Crippen MR) is 120 cm³/mol. The number of alkyl halides is 3. The zero-order valence-electron chi connectivity index (χ0n) is 18.9. The Morgan fingerprint density at radius 1 is 1.23 bits per heavy atom. The van der Waals surface area contributed by atoms with Gasteiger partial charge < -0.3 is 15.5 Å². The molecule has 0 spiro atoms. The van der Waals surface area contributed by atoms with Gasteiger partial charge in [-0.25, -0.2) is 4.39 Å². The molecule has 0 radical (unpaired) electrons. The molecule has 0 aromatic heterocycles. The van der Waals surface area contributed by atoms with Crippen molar-refractivity contribution in [1.29, 1.82) is 0 Å². The number of rotatable bonds is 8. The van der Waals surface area contributed by atoms with Crippen molar-refractivity contribution in [2.24, 2.45) is 17.8 Å². The first-order chi connectivity index (χ1) is 16.6. The van der Waals surface area contributed by atoms with Crippen LogP contribution in [0.4, 0.5) is 13.2 Å². The van der Waals surface area contributed by atoms with Crippen molar-refractivity contribution in [3.63, 3.8) is 0 Å². The van der Waals surface area contributed by atoms with Gasteiger partial charge in [0, 0.05) is 29.6 Å². The number of amides is 3. The van der Waals surface area contributed by atoms with Crippen molar-refractivity contribution in [1.82, 2.24) is 15.5 Å². The lowest BCUT2D eigenvalue weighted by Gasteiger charge is -2.31. The molecule has 1 saturated carbocycles. The monoisotopic (exact) mass is 513 g/mol. The second-order valence-corrected chi connectivity index (χ2v) is 9.95. The Morgan fingerprint density at radius 3 is 2.66 bits per heavy atom. The summed E-state index contributed by atoms with van der Waals surface area (Å²) in [5.74, 6) is -8.43. The molecular formula is C24H27ClF3N3O4. The number of nitrogens with one attached hydrogen (secondary N) is 2. The Bertz CT molecular complexity index is 1020. The van der Waals surface area contributed by atoms with E-state index in [1.165, 1.54) is 12.1 Å². The summed E-state index contributed by atoms with van der Waals surface area (Å²) in [7, 11) is 0. The van der Waals surface area contributed by atoms with Crippen LogP contribution in [0.3, 0.4) is 0 Å². The number of hydrogen-bond acceptors (Lipinski definition) is 4. The van der Waals surface area contributed by atoms with Gasteiger partial charge >= 0.3 is 5.92 Å². The molecule has 11 heteroatoms.